The maximum Gasteiger partial charge on any atom is 2.00 e. The second-order valence-corrected chi connectivity index (χ2v) is 0.250. The predicted molar refractivity (Wildman–Crippen MR) is 16.9 cm³/mol. The van der Waals surface area contributed by atoms with Gasteiger partial charge in [0, 0.05) is 8.41 Å². The van der Waals surface area contributed by atoms with Gasteiger partial charge in [-0.25, -0.2) is 0 Å². The summed E-state index contributed by atoms with van der Waals surface area (Å²) in [5, 5.41) is 16.7. The van der Waals surface area contributed by atoms with Crippen LogP contribution in [-0.2, 0) is 0 Å². The average Bonchev–Trinajstić information content (AvgIpc) is 0.811. The summed E-state index contributed by atoms with van der Waals surface area (Å²) < 4.78 is 0. The Kier molecular flexibility index (Phi) is 24.3. The van der Waals surface area contributed by atoms with E-state index < -0.39 is 6.16 Å². The molecule has 0 unspecified atom stereocenters. The molecule has 3 radical (unpaired) electrons. The molecule has 0 spiro atoms. The number of rotatable bonds is 0. The second-order valence-electron chi connectivity index (χ2n) is 0.250. The van der Waals surface area contributed by atoms with Crippen LogP contribution < -0.4 is 10.2 Å². The Balaban J connectivity index is -0.0000000450. The molecule has 0 rings (SSSR count). The van der Waals surface area contributed by atoms with Crippen molar-refractivity contribution in [2.75, 3.05) is 0 Å². The molecule has 3 nitrogen and oxygen atoms in total. The molecule has 5 heteroatoms. The summed E-state index contributed by atoms with van der Waals surface area (Å²) in [6, 6.07) is 0. The van der Waals surface area contributed by atoms with Gasteiger partial charge in [-0.1, -0.05) is 0 Å². The Morgan fingerprint density at radius 3 is 1.33 bits per heavy atom. The van der Waals surface area contributed by atoms with E-state index in [9.17, 15) is 0 Å². The van der Waals surface area contributed by atoms with Gasteiger partial charge in [-0.15, -0.1) is 0 Å². The van der Waals surface area contributed by atoms with Gasteiger partial charge in [-0.2, -0.15) is 0 Å². The monoisotopic (exact) mass is 111 g/mol. The van der Waals surface area contributed by atoms with Crippen LogP contribution in [0.2, 0.25) is 0 Å². The number of hydrogen-bond acceptors (Lipinski definition) is 3. The molecule has 0 atom stereocenters. The molecule has 0 aromatic heterocycles. The molecule has 0 aromatic carbocycles. The van der Waals surface area contributed by atoms with Crippen LogP contribution in [0.5, 0.6) is 0 Å². The molecule has 0 aliphatic rings. The molecule has 0 aliphatic heterocycles. The number of carbonyl (C=O) groups is 1. The molecule has 0 aliphatic carbocycles. The molecule has 0 saturated heterocycles. The van der Waals surface area contributed by atoms with Crippen molar-refractivity contribution in [3.8, 4) is 0 Å². The van der Waals surface area contributed by atoms with Gasteiger partial charge < -0.3 is 15.0 Å². The topological polar surface area (TPSA) is 63.2 Å². The standard InChI is InChI=1S/CH2O3.B.Ca/c2-1(3)4;;/h(H2,2,3,4);;/q;;+2/p-2. The zero-order chi connectivity index (χ0) is 3.58. The maximum absolute atomic E-state index is 8.33. The SMILES string of the molecule is O=C([O-])[O-].[B].[Ca+2]. The quantitative estimate of drug-likeness (QED) is 0.309. The fourth-order valence-corrected chi connectivity index (χ4v) is 0. The first-order chi connectivity index (χ1) is 1.73. The molecule has 0 saturated carbocycles. The van der Waals surface area contributed by atoms with Gasteiger partial charge in [0.05, 0.1) is 0 Å². The van der Waals surface area contributed by atoms with E-state index in [0.29, 0.717) is 0 Å². The van der Waals surface area contributed by atoms with Crippen molar-refractivity contribution in [2.45, 2.75) is 0 Å². The van der Waals surface area contributed by atoms with Gasteiger partial charge in [0.2, 0.25) is 0 Å². The molecule has 0 bridgehead atoms. The minimum absolute atomic E-state index is 0. The Morgan fingerprint density at radius 1 is 1.33 bits per heavy atom. The van der Waals surface area contributed by atoms with E-state index >= 15 is 0 Å². The van der Waals surface area contributed by atoms with Crippen LogP contribution in [0.3, 0.4) is 0 Å². The first kappa shape index (κ1) is 16.0. The average molecular weight is 111 g/mol. The van der Waals surface area contributed by atoms with Crippen LogP contribution in [0.25, 0.3) is 0 Å². The molecule has 6 heavy (non-hydrogen) atoms. The zero-order valence-electron chi connectivity index (χ0n) is 3.01. The Labute approximate surface area is 66.9 Å². The van der Waals surface area contributed by atoms with E-state index in [2.05, 4.69) is 0 Å². The molecular formula is CBCaO3. The summed E-state index contributed by atoms with van der Waals surface area (Å²) in [6.45, 7) is 0. The third kappa shape index (κ3) is 168. The van der Waals surface area contributed by atoms with Crippen molar-refractivity contribution >= 4 is 52.3 Å². The Hall–Kier alpha value is 0.595. The van der Waals surface area contributed by atoms with E-state index in [1.54, 1.807) is 0 Å². The van der Waals surface area contributed by atoms with Gasteiger partial charge >= 0.3 is 37.7 Å². The Morgan fingerprint density at radius 2 is 1.33 bits per heavy atom. The molecule has 0 fully saturated rings. The largest absolute Gasteiger partial charge is 2.00 e. The van der Waals surface area contributed by atoms with E-state index in [4.69, 9.17) is 15.0 Å². The van der Waals surface area contributed by atoms with Crippen molar-refractivity contribution in [2.24, 2.45) is 0 Å². The minimum atomic E-state index is -2.33. The smallest absolute Gasteiger partial charge is 0.652 e. The third-order valence-electron chi connectivity index (χ3n) is 0. The molecule has 27 valence electrons. The fraction of sp³-hybridized carbons (Fsp3) is 0. The number of hydrogen-bond donors (Lipinski definition) is 0. The van der Waals surface area contributed by atoms with Crippen LogP contribution in [0.1, 0.15) is 0 Å². The third-order valence-corrected chi connectivity index (χ3v) is 0. The van der Waals surface area contributed by atoms with Gasteiger partial charge in [0.15, 0.2) is 0 Å². The van der Waals surface area contributed by atoms with Crippen molar-refractivity contribution in [3.63, 3.8) is 0 Å². The number of carbonyl (C=O) groups excluding carboxylic acids is 1. The summed E-state index contributed by atoms with van der Waals surface area (Å²) >= 11 is 0. The summed E-state index contributed by atoms with van der Waals surface area (Å²) in [5.74, 6) is 0. The summed E-state index contributed by atoms with van der Waals surface area (Å²) in [7, 11) is 0. The second kappa shape index (κ2) is 9.14. The van der Waals surface area contributed by atoms with Gasteiger partial charge in [-0.3, -0.25) is 0 Å². The molecule has 0 N–H and O–H groups in total. The van der Waals surface area contributed by atoms with E-state index in [-0.39, 0.29) is 46.2 Å². The van der Waals surface area contributed by atoms with E-state index in [0.717, 1.165) is 0 Å². The van der Waals surface area contributed by atoms with Gasteiger partial charge in [0.25, 0.3) is 0 Å². The maximum atomic E-state index is 8.33. The van der Waals surface area contributed by atoms with Gasteiger partial charge in [0.1, 0.15) is 0 Å². The Bertz CT molecular complexity index is 33.8. The van der Waals surface area contributed by atoms with E-state index in [1.807, 2.05) is 0 Å². The summed E-state index contributed by atoms with van der Waals surface area (Å²) in [5.41, 5.74) is 0. The molecule has 0 heterocycles. The number of carboxylic acid groups (broad SMARTS) is 2. The first-order valence-corrected chi connectivity index (χ1v) is 0.612. The zero-order valence-corrected chi connectivity index (χ0v) is 5.22. The normalized spacial score (nSPS) is 4.00. The van der Waals surface area contributed by atoms with Gasteiger partial charge in [-0.05, 0) is 6.16 Å². The van der Waals surface area contributed by atoms with Crippen LogP contribution >= 0.6 is 0 Å². The van der Waals surface area contributed by atoms with E-state index in [1.165, 1.54) is 0 Å². The summed E-state index contributed by atoms with van der Waals surface area (Å²) in [4.78, 5) is 8.33. The van der Waals surface area contributed by atoms with Crippen LogP contribution in [0.15, 0.2) is 0 Å². The van der Waals surface area contributed by atoms with Crippen molar-refractivity contribution in [3.05, 3.63) is 0 Å². The summed E-state index contributed by atoms with van der Waals surface area (Å²) in [6.07, 6.45) is -2.33. The minimum Gasteiger partial charge on any atom is -0.652 e. The van der Waals surface area contributed by atoms with Crippen molar-refractivity contribution in [1.82, 2.24) is 0 Å². The fourth-order valence-electron chi connectivity index (χ4n) is 0. The van der Waals surface area contributed by atoms with Crippen LogP contribution in [-0.4, -0.2) is 52.3 Å². The predicted octanol–water partition coefficient (Wildman–Crippen LogP) is -3.21. The molecule has 0 amide bonds. The van der Waals surface area contributed by atoms with Crippen LogP contribution in [0, 0.1) is 0 Å². The van der Waals surface area contributed by atoms with Crippen molar-refractivity contribution < 1.29 is 15.0 Å². The molecular weight excluding hydrogens is 111 g/mol. The first-order valence-electron chi connectivity index (χ1n) is 0.612. The van der Waals surface area contributed by atoms with Crippen LogP contribution in [0.4, 0.5) is 4.79 Å². The van der Waals surface area contributed by atoms with Crippen molar-refractivity contribution in [1.29, 1.82) is 0 Å². The molecule has 0 aromatic rings.